The summed E-state index contributed by atoms with van der Waals surface area (Å²) in [7, 11) is 0. The average Bonchev–Trinajstić information content (AvgIpc) is 3.00. The van der Waals surface area contributed by atoms with Gasteiger partial charge in [-0.05, 0) is 52.9 Å². The fourth-order valence-electron chi connectivity index (χ4n) is 3.73. The number of hydrogen-bond acceptors (Lipinski definition) is 3. The Morgan fingerprint density at radius 2 is 1.57 bits per heavy atom. The molecule has 1 aliphatic rings. The van der Waals surface area contributed by atoms with Crippen molar-refractivity contribution in [2.24, 2.45) is 0 Å². The van der Waals surface area contributed by atoms with Crippen LogP contribution in [0.4, 0.5) is 10.5 Å². The Morgan fingerprint density at radius 1 is 0.964 bits per heavy atom. The zero-order valence-corrected chi connectivity index (χ0v) is 15.3. The fraction of sp³-hybridized carbons (Fsp3) is 0.130. The number of anilines is 1. The number of aromatic carboxylic acids is 1. The van der Waals surface area contributed by atoms with Crippen LogP contribution in [-0.2, 0) is 4.74 Å². The third kappa shape index (κ3) is 3.22. The topological polar surface area (TPSA) is 75.6 Å². The van der Waals surface area contributed by atoms with Crippen LogP contribution in [0.25, 0.3) is 11.1 Å². The number of carboxylic acids is 1. The summed E-state index contributed by atoms with van der Waals surface area (Å²) in [6, 6.07) is 20.9. The molecule has 1 aliphatic carbocycles. The normalized spacial score (nSPS) is 12.2. The number of nitrogens with one attached hydrogen (secondary N) is 1. The van der Waals surface area contributed by atoms with Gasteiger partial charge in [-0.15, -0.1) is 0 Å². The molecule has 28 heavy (non-hydrogen) atoms. The monoisotopic (exact) mass is 373 g/mol. The molecular formula is C23H19NO4. The van der Waals surface area contributed by atoms with Crippen LogP contribution in [0.2, 0.25) is 0 Å². The molecule has 0 aromatic heterocycles. The predicted molar refractivity (Wildman–Crippen MR) is 107 cm³/mol. The van der Waals surface area contributed by atoms with E-state index in [2.05, 4.69) is 29.6 Å². The SMILES string of the molecule is Cc1cc(NC(=O)OCC2c3ccccc3-c3ccccc32)ccc1C(=O)O. The number of fused-ring (bicyclic) bond motifs is 3. The second-order valence-electron chi connectivity index (χ2n) is 6.79. The lowest BCUT2D eigenvalue weighted by atomic mass is 9.98. The Bertz CT molecular complexity index is 1030. The highest BCUT2D eigenvalue weighted by atomic mass is 16.5. The standard InChI is InChI=1S/C23H19NO4/c1-14-12-15(10-11-16(14)22(25)26)24-23(27)28-13-21-19-8-4-2-6-17(19)18-7-3-5-9-20(18)21/h2-12,21H,13H2,1H3,(H,24,27)(H,25,26). The average molecular weight is 373 g/mol. The molecule has 0 aliphatic heterocycles. The molecule has 0 radical (unpaired) electrons. The fourth-order valence-corrected chi connectivity index (χ4v) is 3.73. The molecule has 140 valence electrons. The quantitative estimate of drug-likeness (QED) is 0.671. The van der Waals surface area contributed by atoms with Gasteiger partial charge in [-0.1, -0.05) is 48.5 Å². The van der Waals surface area contributed by atoms with Crippen molar-refractivity contribution in [1.82, 2.24) is 0 Å². The van der Waals surface area contributed by atoms with Crippen LogP contribution in [-0.4, -0.2) is 23.8 Å². The van der Waals surface area contributed by atoms with E-state index in [-0.39, 0.29) is 18.1 Å². The van der Waals surface area contributed by atoms with Crippen molar-refractivity contribution in [2.45, 2.75) is 12.8 Å². The summed E-state index contributed by atoms with van der Waals surface area (Å²) in [6.07, 6.45) is -0.565. The van der Waals surface area contributed by atoms with Gasteiger partial charge in [0.05, 0.1) is 5.56 Å². The van der Waals surface area contributed by atoms with E-state index >= 15 is 0 Å². The van der Waals surface area contributed by atoms with Crippen LogP contribution in [0.15, 0.2) is 66.7 Å². The number of carboxylic acid groups (broad SMARTS) is 1. The van der Waals surface area contributed by atoms with Crippen molar-refractivity contribution in [3.8, 4) is 11.1 Å². The second-order valence-corrected chi connectivity index (χ2v) is 6.79. The molecule has 0 atom stereocenters. The lowest BCUT2D eigenvalue weighted by Crippen LogP contribution is -2.18. The molecule has 2 N–H and O–H groups in total. The van der Waals surface area contributed by atoms with Crippen LogP contribution >= 0.6 is 0 Å². The highest BCUT2D eigenvalue weighted by molar-refractivity contribution is 5.91. The van der Waals surface area contributed by atoms with Crippen molar-refractivity contribution in [3.63, 3.8) is 0 Å². The molecule has 3 aromatic rings. The maximum atomic E-state index is 12.3. The molecule has 5 heteroatoms. The first-order chi connectivity index (χ1) is 13.5. The van der Waals surface area contributed by atoms with E-state index < -0.39 is 12.1 Å². The molecular weight excluding hydrogens is 354 g/mol. The van der Waals surface area contributed by atoms with E-state index in [4.69, 9.17) is 9.84 Å². The number of hydrogen-bond donors (Lipinski definition) is 2. The van der Waals surface area contributed by atoms with Gasteiger partial charge in [-0.3, -0.25) is 5.32 Å². The minimum Gasteiger partial charge on any atom is -0.478 e. The molecule has 3 aromatic carbocycles. The zero-order valence-electron chi connectivity index (χ0n) is 15.3. The van der Waals surface area contributed by atoms with Gasteiger partial charge in [0.25, 0.3) is 0 Å². The molecule has 0 saturated carbocycles. The van der Waals surface area contributed by atoms with Gasteiger partial charge in [0.15, 0.2) is 0 Å². The van der Waals surface area contributed by atoms with Gasteiger partial charge < -0.3 is 9.84 Å². The molecule has 5 nitrogen and oxygen atoms in total. The van der Waals surface area contributed by atoms with Gasteiger partial charge >= 0.3 is 12.1 Å². The first kappa shape index (κ1) is 17.8. The smallest absolute Gasteiger partial charge is 0.411 e. The molecule has 0 unspecified atom stereocenters. The third-order valence-electron chi connectivity index (χ3n) is 5.05. The molecule has 4 rings (SSSR count). The molecule has 0 bridgehead atoms. The van der Waals surface area contributed by atoms with Crippen molar-refractivity contribution in [2.75, 3.05) is 11.9 Å². The van der Waals surface area contributed by atoms with E-state index in [0.29, 0.717) is 11.3 Å². The van der Waals surface area contributed by atoms with Gasteiger partial charge in [0.2, 0.25) is 0 Å². The van der Waals surface area contributed by atoms with Gasteiger partial charge in [-0.2, -0.15) is 0 Å². The number of carbonyl (C=O) groups is 2. The van der Waals surface area contributed by atoms with E-state index in [1.165, 1.54) is 17.2 Å². The van der Waals surface area contributed by atoms with Crippen LogP contribution in [0.3, 0.4) is 0 Å². The second kappa shape index (κ2) is 7.19. The van der Waals surface area contributed by atoms with Gasteiger partial charge in [0, 0.05) is 11.6 Å². The van der Waals surface area contributed by atoms with Crippen molar-refractivity contribution in [3.05, 3.63) is 89.0 Å². The zero-order chi connectivity index (χ0) is 19.7. The third-order valence-corrected chi connectivity index (χ3v) is 5.05. The lowest BCUT2D eigenvalue weighted by Gasteiger charge is -2.15. The first-order valence-electron chi connectivity index (χ1n) is 9.00. The van der Waals surface area contributed by atoms with Crippen molar-refractivity contribution >= 4 is 17.7 Å². The van der Waals surface area contributed by atoms with Crippen molar-refractivity contribution in [1.29, 1.82) is 0 Å². The molecule has 0 heterocycles. The first-order valence-corrected chi connectivity index (χ1v) is 9.00. The summed E-state index contributed by atoms with van der Waals surface area (Å²) in [5.41, 5.74) is 5.93. The maximum absolute atomic E-state index is 12.3. The van der Waals surface area contributed by atoms with Crippen LogP contribution in [0.5, 0.6) is 0 Å². The number of aryl methyl sites for hydroxylation is 1. The highest BCUT2D eigenvalue weighted by Crippen LogP contribution is 2.44. The Kier molecular flexibility index (Phi) is 4.57. The Balaban J connectivity index is 1.47. The Morgan fingerprint density at radius 3 is 2.14 bits per heavy atom. The molecule has 0 spiro atoms. The van der Waals surface area contributed by atoms with Crippen LogP contribution < -0.4 is 5.32 Å². The summed E-state index contributed by atoms with van der Waals surface area (Å²) >= 11 is 0. The number of rotatable bonds is 4. The summed E-state index contributed by atoms with van der Waals surface area (Å²) < 4.78 is 5.49. The summed E-state index contributed by atoms with van der Waals surface area (Å²) in [5.74, 6) is -1.00. The van der Waals surface area contributed by atoms with Crippen LogP contribution in [0, 0.1) is 6.92 Å². The van der Waals surface area contributed by atoms with Crippen LogP contribution in [0.1, 0.15) is 33.0 Å². The van der Waals surface area contributed by atoms with Gasteiger partial charge in [0.1, 0.15) is 6.61 Å². The van der Waals surface area contributed by atoms with E-state index in [0.717, 1.165) is 11.1 Å². The number of benzene rings is 3. The summed E-state index contributed by atoms with van der Waals surface area (Å²) in [6.45, 7) is 1.92. The van der Waals surface area contributed by atoms with E-state index in [1.807, 2.05) is 24.3 Å². The van der Waals surface area contributed by atoms with E-state index in [9.17, 15) is 9.59 Å². The van der Waals surface area contributed by atoms with Crippen molar-refractivity contribution < 1.29 is 19.4 Å². The molecule has 0 saturated heterocycles. The largest absolute Gasteiger partial charge is 0.478 e. The Labute approximate surface area is 162 Å². The maximum Gasteiger partial charge on any atom is 0.411 e. The predicted octanol–water partition coefficient (Wildman–Crippen LogP) is 5.05. The number of carbonyl (C=O) groups excluding carboxylic acids is 1. The minimum atomic E-state index is -0.995. The molecule has 0 fully saturated rings. The van der Waals surface area contributed by atoms with Gasteiger partial charge in [-0.25, -0.2) is 9.59 Å². The molecule has 1 amide bonds. The number of ether oxygens (including phenoxy) is 1. The summed E-state index contributed by atoms with van der Waals surface area (Å²) in [4.78, 5) is 23.4. The highest BCUT2D eigenvalue weighted by Gasteiger charge is 2.29. The Hall–Kier alpha value is -3.60. The number of amides is 1. The van der Waals surface area contributed by atoms with E-state index in [1.54, 1.807) is 19.1 Å². The minimum absolute atomic E-state index is 0.00530. The summed E-state index contributed by atoms with van der Waals surface area (Å²) in [5, 5.41) is 11.8. The lowest BCUT2D eigenvalue weighted by molar-refractivity contribution is 0.0696.